The summed E-state index contributed by atoms with van der Waals surface area (Å²) in [6, 6.07) is 0. The maximum absolute atomic E-state index is 11.3. The predicted octanol–water partition coefficient (Wildman–Crippen LogP) is 1.65. The fourth-order valence-electron chi connectivity index (χ4n) is 1.17. The molecule has 0 spiro atoms. The molecule has 2 unspecified atom stereocenters. The van der Waals surface area contributed by atoms with Gasteiger partial charge in [-0.3, -0.25) is 9.59 Å². The van der Waals surface area contributed by atoms with E-state index in [-0.39, 0.29) is 6.42 Å². The third-order valence-corrected chi connectivity index (χ3v) is 2.14. The van der Waals surface area contributed by atoms with Crippen LogP contribution in [0.5, 0.6) is 0 Å². The SMILES string of the molecule is CC#COC(=O)C(C)CC(CC)C(=O)O. The molecule has 4 heteroatoms. The van der Waals surface area contributed by atoms with E-state index in [4.69, 9.17) is 5.11 Å². The first kappa shape index (κ1) is 13.5. The van der Waals surface area contributed by atoms with Crippen LogP contribution in [0.1, 0.15) is 33.6 Å². The van der Waals surface area contributed by atoms with Crippen molar-refractivity contribution in [3.63, 3.8) is 0 Å². The van der Waals surface area contributed by atoms with E-state index >= 15 is 0 Å². The monoisotopic (exact) mass is 212 g/mol. The molecule has 0 aliphatic rings. The Bertz CT molecular complexity index is 285. The van der Waals surface area contributed by atoms with E-state index in [1.165, 1.54) is 0 Å². The van der Waals surface area contributed by atoms with Crippen LogP contribution in [0.3, 0.4) is 0 Å². The van der Waals surface area contributed by atoms with Crippen molar-refractivity contribution >= 4 is 11.9 Å². The van der Waals surface area contributed by atoms with Crippen molar-refractivity contribution in [2.75, 3.05) is 0 Å². The average molecular weight is 212 g/mol. The summed E-state index contributed by atoms with van der Waals surface area (Å²) in [6.07, 6.45) is 3.00. The molecule has 0 aromatic heterocycles. The van der Waals surface area contributed by atoms with Gasteiger partial charge in [0.1, 0.15) is 6.11 Å². The molecule has 0 saturated carbocycles. The van der Waals surface area contributed by atoms with Crippen molar-refractivity contribution in [2.24, 2.45) is 11.8 Å². The Labute approximate surface area is 89.6 Å². The van der Waals surface area contributed by atoms with Gasteiger partial charge in [0, 0.05) is 6.92 Å². The van der Waals surface area contributed by atoms with Crippen LogP contribution in [0.2, 0.25) is 0 Å². The van der Waals surface area contributed by atoms with Gasteiger partial charge in [0.05, 0.1) is 11.8 Å². The van der Waals surface area contributed by atoms with Crippen LogP contribution in [0.4, 0.5) is 0 Å². The Morgan fingerprint density at radius 1 is 1.47 bits per heavy atom. The number of aliphatic carboxylic acids is 1. The summed E-state index contributed by atoms with van der Waals surface area (Å²) in [5.41, 5.74) is 0. The van der Waals surface area contributed by atoms with E-state index in [1.807, 2.05) is 0 Å². The Morgan fingerprint density at radius 3 is 2.47 bits per heavy atom. The van der Waals surface area contributed by atoms with E-state index in [0.29, 0.717) is 6.42 Å². The lowest BCUT2D eigenvalue weighted by Gasteiger charge is -2.13. The predicted molar refractivity (Wildman–Crippen MR) is 54.7 cm³/mol. The zero-order chi connectivity index (χ0) is 11.8. The van der Waals surface area contributed by atoms with Crippen LogP contribution in [0.15, 0.2) is 0 Å². The number of esters is 1. The molecule has 2 atom stereocenters. The Morgan fingerprint density at radius 2 is 2.07 bits per heavy atom. The number of carboxylic acid groups (broad SMARTS) is 1. The van der Waals surface area contributed by atoms with Gasteiger partial charge in [-0.25, -0.2) is 0 Å². The third kappa shape index (κ3) is 5.06. The Hall–Kier alpha value is -1.50. The third-order valence-electron chi connectivity index (χ3n) is 2.14. The Kier molecular flexibility index (Phi) is 6.19. The summed E-state index contributed by atoms with van der Waals surface area (Å²) in [6.45, 7) is 4.98. The van der Waals surface area contributed by atoms with Crippen LogP contribution >= 0.6 is 0 Å². The molecule has 0 aromatic carbocycles. The molecule has 84 valence electrons. The minimum atomic E-state index is -0.876. The summed E-state index contributed by atoms with van der Waals surface area (Å²) < 4.78 is 4.59. The zero-order valence-corrected chi connectivity index (χ0v) is 9.24. The molecule has 0 aliphatic carbocycles. The molecule has 1 N–H and O–H groups in total. The molecule has 0 aliphatic heterocycles. The molecule has 0 saturated heterocycles. The van der Waals surface area contributed by atoms with E-state index in [0.717, 1.165) is 0 Å². The molecule has 0 bridgehead atoms. The van der Waals surface area contributed by atoms with Crippen molar-refractivity contribution in [3.05, 3.63) is 0 Å². The highest BCUT2D eigenvalue weighted by atomic mass is 16.5. The molecular weight excluding hydrogens is 196 g/mol. The highest BCUT2D eigenvalue weighted by Crippen LogP contribution is 2.16. The second kappa shape index (κ2) is 6.88. The lowest BCUT2D eigenvalue weighted by molar-refractivity contribution is -0.145. The lowest BCUT2D eigenvalue weighted by atomic mass is 9.94. The first-order valence-electron chi connectivity index (χ1n) is 4.88. The quantitative estimate of drug-likeness (QED) is 0.556. The largest absolute Gasteiger partial charge is 0.481 e. The molecule has 4 nitrogen and oxygen atoms in total. The molecule has 0 rings (SSSR count). The van der Waals surface area contributed by atoms with Gasteiger partial charge in [-0.15, -0.1) is 0 Å². The van der Waals surface area contributed by atoms with Crippen molar-refractivity contribution in [1.29, 1.82) is 0 Å². The van der Waals surface area contributed by atoms with Gasteiger partial charge in [-0.2, -0.15) is 0 Å². The second-order valence-electron chi connectivity index (χ2n) is 3.35. The first-order chi connectivity index (χ1) is 7.02. The van der Waals surface area contributed by atoms with Crippen molar-refractivity contribution in [3.8, 4) is 12.0 Å². The van der Waals surface area contributed by atoms with E-state index < -0.39 is 23.8 Å². The number of carbonyl (C=O) groups excluding carboxylic acids is 1. The van der Waals surface area contributed by atoms with Crippen molar-refractivity contribution in [2.45, 2.75) is 33.6 Å². The van der Waals surface area contributed by atoms with Gasteiger partial charge in [0.2, 0.25) is 0 Å². The highest BCUT2D eigenvalue weighted by Gasteiger charge is 2.23. The summed E-state index contributed by atoms with van der Waals surface area (Å²) in [7, 11) is 0. The van der Waals surface area contributed by atoms with Crippen molar-refractivity contribution in [1.82, 2.24) is 0 Å². The number of hydrogen-bond acceptors (Lipinski definition) is 3. The van der Waals surface area contributed by atoms with Gasteiger partial charge < -0.3 is 9.84 Å². The molecule has 0 amide bonds. The van der Waals surface area contributed by atoms with Gasteiger partial charge in [-0.05, 0) is 12.8 Å². The van der Waals surface area contributed by atoms with Crippen LogP contribution < -0.4 is 0 Å². The fourth-order valence-corrected chi connectivity index (χ4v) is 1.17. The number of carbonyl (C=O) groups is 2. The average Bonchev–Trinajstić information content (AvgIpc) is 2.21. The Balaban J connectivity index is 4.19. The number of ether oxygens (including phenoxy) is 1. The van der Waals surface area contributed by atoms with E-state index in [2.05, 4.69) is 16.8 Å². The molecule has 0 fully saturated rings. The highest BCUT2D eigenvalue weighted by molar-refractivity contribution is 5.75. The van der Waals surface area contributed by atoms with Gasteiger partial charge in [0.15, 0.2) is 0 Å². The van der Waals surface area contributed by atoms with Crippen molar-refractivity contribution < 1.29 is 19.4 Å². The van der Waals surface area contributed by atoms with Crippen LogP contribution in [-0.2, 0) is 14.3 Å². The summed E-state index contributed by atoms with van der Waals surface area (Å²) in [5.74, 6) is 0.153. The summed E-state index contributed by atoms with van der Waals surface area (Å²) in [4.78, 5) is 22.0. The summed E-state index contributed by atoms with van der Waals surface area (Å²) >= 11 is 0. The van der Waals surface area contributed by atoms with Crippen LogP contribution in [0, 0.1) is 23.9 Å². The smallest absolute Gasteiger partial charge is 0.322 e. The fraction of sp³-hybridized carbons (Fsp3) is 0.636. The molecule has 15 heavy (non-hydrogen) atoms. The zero-order valence-electron chi connectivity index (χ0n) is 9.24. The van der Waals surface area contributed by atoms with E-state index in [1.54, 1.807) is 20.8 Å². The van der Waals surface area contributed by atoms with E-state index in [9.17, 15) is 9.59 Å². The maximum Gasteiger partial charge on any atom is 0.322 e. The molecule has 0 heterocycles. The minimum Gasteiger partial charge on any atom is -0.481 e. The second-order valence-corrected chi connectivity index (χ2v) is 3.35. The number of rotatable bonds is 5. The molecule has 0 radical (unpaired) electrons. The molecule has 0 aromatic rings. The first-order valence-corrected chi connectivity index (χ1v) is 4.88. The van der Waals surface area contributed by atoms with Crippen LogP contribution in [-0.4, -0.2) is 17.0 Å². The standard InChI is InChI=1S/C11H16O4/c1-4-6-15-11(14)8(3)7-9(5-2)10(12)13/h8-9H,5,7H2,1-3H3,(H,12,13). The normalized spacial score (nSPS) is 13.3. The molecular formula is C11H16O4. The van der Waals surface area contributed by atoms with Gasteiger partial charge in [0.25, 0.3) is 0 Å². The van der Waals surface area contributed by atoms with Crippen LogP contribution in [0.25, 0.3) is 0 Å². The van der Waals surface area contributed by atoms with Gasteiger partial charge in [-0.1, -0.05) is 19.8 Å². The maximum atomic E-state index is 11.3. The lowest BCUT2D eigenvalue weighted by Crippen LogP contribution is -2.21. The number of hydrogen-bond donors (Lipinski definition) is 1. The van der Waals surface area contributed by atoms with Gasteiger partial charge >= 0.3 is 11.9 Å². The minimum absolute atomic E-state index is 0.288. The topological polar surface area (TPSA) is 63.6 Å². The number of carboxylic acids is 1. The summed E-state index contributed by atoms with van der Waals surface area (Å²) in [5, 5.41) is 8.80.